The molecule has 0 radical (unpaired) electrons. The molecule has 3 aromatic carbocycles. The molecule has 1 aromatic heterocycles. The summed E-state index contributed by atoms with van der Waals surface area (Å²) in [6, 6.07) is 21.5. The van der Waals surface area contributed by atoms with Gasteiger partial charge in [-0.25, -0.2) is 4.39 Å². The molecule has 4 rings (SSSR count). The monoisotopic (exact) mass is 469 g/mol. The third-order valence-electron chi connectivity index (χ3n) is 5.72. The summed E-state index contributed by atoms with van der Waals surface area (Å²) in [7, 11) is 3.10. The van der Waals surface area contributed by atoms with Crippen LogP contribution in [0.1, 0.15) is 16.7 Å². The number of nitrogens with zero attached hydrogens (tertiary/aromatic N) is 2. The fourth-order valence-corrected chi connectivity index (χ4v) is 3.90. The van der Waals surface area contributed by atoms with Gasteiger partial charge >= 0.3 is 0 Å². The van der Waals surface area contributed by atoms with Gasteiger partial charge in [0.25, 0.3) is 5.91 Å². The zero-order valence-electron chi connectivity index (χ0n) is 19.4. The Morgan fingerprint density at radius 3 is 2.57 bits per heavy atom. The number of fused-ring (bicyclic) bond motifs is 1. The smallest absolute Gasteiger partial charge is 0.262 e. The van der Waals surface area contributed by atoms with Crippen LogP contribution in [-0.4, -0.2) is 24.7 Å². The van der Waals surface area contributed by atoms with Crippen molar-refractivity contribution in [1.29, 1.82) is 5.26 Å². The first-order chi connectivity index (χ1) is 17.0. The van der Waals surface area contributed by atoms with Crippen LogP contribution in [0.15, 0.2) is 78.5 Å². The Bertz CT molecular complexity index is 1450. The van der Waals surface area contributed by atoms with E-state index in [1.165, 1.54) is 13.2 Å². The topological polar surface area (TPSA) is 76.3 Å². The minimum Gasteiger partial charge on any atom is -0.497 e. The lowest BCUT2D eigenvalue weighted by Crippen LogP contribution is -2.24. The van der Waals surface area contributed by atoms with E-state index in [0.717, 1.165) is 16.5 Å². The van der Waals surface area contributed by atoms with Gasteiger partial charge in [-0.15, -0.1) is 0 Å². The Morgan fingerprint density at radius 1 is 1.06 bits per heavy atom. The zero-order chi connectivity index (χ0) is 24.8. The van der Waals surface area contributed by atoms with Gasteiger partial charge in [0.05, 0.1) is 20.8 Å². The van der Waals surface area contributed by atoms with E-state index in [0.29, 0.717) is 29.2 Å². The number of amides is 1. The first-order valence-electron chi connectivity index (χ1n) is 11.0. The van der Waals surface area contributed by atoms with Crippen molar-refractivity contribution in [2.75, 3.05) is 14.2 Å². The largest absolute Gasteiger partial charge is 0.497 e. The van der Waals surface area contributed by atoms with Crippen LogP contribution in [0.5, 0.6) is 11.5 Å². The second-order valence-electron chi connectivity index (χ2n) is 7.85. The summed E-state index contributed by atoms with van der Waals surface area (Å²) in [5.74, 6) is 0.425. The highest BCUT2D eigenvalue weighted by Gasteiger charge is 2.14. The van der Waals surface area contributed by atoms with Crippen LogP contribution in [0.2, 0.25) is 0 Å². The molecule has 0 aliphatic heterocycles. The minimum atomic E-state index is -0.503. The number of hydrogen-bond acceptors (Lipinski definition) is 4. The fourth-order valence-electron chi connectivity index (χ4n) is 3.90. The van der Waals surface area contributed by atoms with Crippen LogP contribution in [-0.2, 0) is 17.9 Å². The van der Waals surface area contributed by atoms with Gasteiger partial charge in [-0.2, -0.15) is 5.26 Å². The molecule has 1 N–H and O–H groups in total. The molecule has 0 fully saturated rings. The summed E-state index contributed by atoms with van der Waals surface area (Å²) in [6.45, 7) is 0.506. The highest BCUT2D eigenvalue weighted by molar-refractivity contribution is 6.04. The fraction of sp³-hybridized carbons (Fsp3) is 0.143. The van der Waals surface area contributed by atoms with E-state index >= 15 is 0 Å². The highest BCUT2D eigenvalue weighted by atomic mass is 19.1. The van der Waals surface area contributed by atoms with Gasteiger partial charge < -0.3 is 19.4 Å². The number of rotatable bonds is 8. The summed E-state index contributed by atoms with van der Waals surface area (Å²) < 4.78 is 26.7. The maximum atomic E-state index is 14.2. The van der Waals surface area contributed by atoms with Crippen molar-refractivity contribution >= 4 is 22.9 Å². The van der Waals surface area contributed by atoms with Crippen LogP contribution < -0.4 is 14.8 Å². The molecular formula is C28H24FN3O3. The number of methoxy groups -OCH3 is 2. The van der Waals surface area contributed by atoms with Crippen molar-refractivity contribution in [3.8, 4) is 17.6 Å². The quantitative estimate of drug-likeness (QED) is 0.289. The summed E-state index contributed by atoms with van der Waals surface area (Å²) >= 11 is 0. The number of hydrogen-bond donors (Lipinski definition) is 1. The van der Waals surface area contributed by atoms with E-state index in [2.05, 4.69) is 5.32 Å². The summed E-state index contributed by atoms with van der Waals surface area (Å²) in [5.41, 5.74) is 2.84. The van der Waals surface area contributed by atoms with Gasteiger partial charge in [-0.3, -0.25) is 4.79 Å². The molecule has 1 heterocycles. The molecule has 0 bridgehead atoms. The predicted octanol–water partition coefficient (Wildman–Crippen LogP) is 5.07. The average Bonchev–Trinajstić information content (AvgIpc) is 3.24. The van der Waals surface area contributed by atoms with Gasteiger partial charge in [0.15, 0.2) is 0 Å². The summed E-state index contributed by atoms with van der Waals surface area (Å²) in [5, 5.41) is 13.3. The number of carbonyl (C=O) groups excluding carboxylic acids is 1. The third-order valence-corrected chi connectivity index (χ3v) is 5.72. The number of nitriles is 1. The normalized spacial score (nSPS) is 11.2. The van der Waals surface area contributed by atoms with Crippen LogP contribution in [0, 0.1) is 17.1 Å². The molecule has 6 nitrogen and oxygen atoms in total. The molecule has 7 heteroatoms. The van der Waals surface area contributed by atoms with E-state index in [1.54, 1.807) is 49.6 Å². The Balaban J connectivity index is 1.60. The first kappa shape index (κ1) is 23.6. The van der Waals surface area contributed by atoms with Crippen LogP contribution >= 0.6 is 0 Å². The van der Waals surface area contributed by atoms with Crippen LogP contribution in [0.25, 0.3) is 17.0 Å². The molecule has 0 saturated heterocycles. The lowest BCUT2D eigenvalue weighted by molar-refractivity contribution is -0.117. The molecular weight excluding hydrogens is 445 g/mol. The molecule has 0 spiro atoms. The standard InChI is InChI=1S/C28H24FN3O3/c1-34-23-12-11-19(27(14-23)35-2)16-31-28(33)21(15-30)13-22-18-32(26-10-6-4-8-24(22)26)17-20-7-3-5-9-25(20)29/h3-14,18H,16-17H2,1-2H3,(H,31,33)/b21-13+. The molecule has 35 heavy (non-hydrogen) atoms. The SMILES string of the molecule is COc1ccc(CNC(=O)/C(C#N)=C/c2cn(Cc3ccccc3F)c3ccccc23)c(OC)c1. The van der Waals surface area contributed by atoms with E-state index in [-0.39, 0.29) is 17.9 Å². The predicted molar refractivity (Wildman–Crippen MR) is 132 cm³/mol. The van der Waals surface area contributed by atoms with Crippen molar-refractivity contribution in [2.24, 2.45) is 0 Å². The van der Waals surface area contributed by atoms with Crippen molar-refractivity contribution < 1.29 is 18.7 Å². The number of benzene rings is 3. The number of nitrogens with one attached hydrogen (secondary N) is 1. The maximum Gasteiger partial charge on any atom is 0.262 e. The van der Waals surface area contributed by atoms with Crippen molar-refractivity contribution in [1.82, 2.24) is 9.88 Å². The molecule has 0 unspecified atom stereocenters. The molecule has 176 valence electrons. The molecule has 0 aliphatic rings. The van der Waals surface area contributed by atoms with Crippen molar-refractivity contribution in [3.05, 3.63) is 101 Å². The van der Waals surface area contributed by atoms with E-state index in [9.17, 15) is 14.4 Å². The third kappa shape index (κ3) is 5.17. The molecule has 0 aliphatic carbocycles. The second-order valence-corrected chi connectivity index (χ2v) is 7.85. The van der Waals surface area contributed by atoms with Gasteiger partial charge in [0.2, 0.25) is 0 Å². The van der Waals surface area contributed by atoms with Crippen LogP contribution in [0.3, 0.4) is 0 Å². The van der Waals surface area contributed by atoms with Gasteiger partial charge in [-0.05, 0) is 30.3 Å². The minimum absolute atomic E-state index is 0.0359. The molecule has 0 saturated carbocycles. The lowest BCUT2D eigenvalue weighted by atomic mass is 10.1. The Morgan fingerprint density at radius 2 is 1.83 bits per heavy atom. The van der Waals surface area contributed by atoms with Crippen LogP contribution in [0.4, 0.5) is 4.39 Å². The first-order valence-corrected chi connectivity index (χ1v) is 11.0. The maximum absolute atomic E-state index is 14.2. The zero-order valence-corrected chi connectivity index (χ0v) is 19.4. The Kier molecular flexibility index (Phi) is 7.12. The number of carbonyl (C=O) groups is 1. The number of aromatic nitrogens is 1. The molecule has 0 atom stereocenters. The lowest BCUT2D eigenvalue weighted by Gasteiger charge is -2.11. The Hall–Kier alpha value is -4.57. The van der Waals surface area contributed by atoms with Crippen molar-refractivity contribution in [3.63, 3.8) is 0 Å². The van der Waals surface area contributed by atoms with E-state index in [1.807, 2.05) is 41.1 Å². The Labute approximate surface area is 202 Å². The van der Waals surface area contributed by atoms with Crippen molar-refractivity contribution in [2.45, 2.75) is 13.1 Å². The number of ether oxygens (including phenoxy) is 2. The second kappa shape index (κ2) is 10.6. The molecule has 1 amide bonds. The van der Waals surface area contributed by atoms with Gasteiger partial charge in [0, 0.05) is 46.4 Å². The average molecular weight is 470 g/mol. The summed E-state index contributed by atoms with van der Waals surface area (Å²) in [4.78, 5) is 12.8. The van der Waals surface area contributed by atoms with Gasteiger partial charge in [-0.1, -0.05) is 36.4 Å². The van der Waals surface area contributed by atoms with E-state index < -0.39 is 5.91 Å². The van der Waals surface area contributed by atoms with E-state index in [4.69, 9.17) is 9.47 Å². The molecule has 4 aromatic rings. The number of para-hydroxylation sites is 1. The highest BCUT2D eigenvalue weighted by Crippen LogP contribution is 2.26. The number of halogens is 1. The van der Waals surface area contributed by atoms with Gasteiger partial charge in [0.1, 0.15) is 29.0 Å². The summed E-state index contributed by atoms with van der Waals surface area (Å²) in [6.07, 6.45) is 3.38.